The summed E-state index contributed by atoms with van der Waals surface area (Å²) in [5.74, 6) is 0. The van der Waals surface area contributed by atoms with Crippen LogP contribution in [0.4, 0.5) is 5.69 Å². The van der Waals surface area contributed by atoms with Gasteiger partial charge >= 0.3 is 0 Å². The second kappa shape index (κ2) is 3.54. The molecule has 14 heavy (non-hydrogen) atoms. The largest absolute Gasteiger partial charge is 0.396 e. The van der Waals surface area contributed by atoms with Crippen molar-refractivity contribution >= 4 is 5.69 Å². The van der Waals surface area contributed by atoms with Crippen LogP contribution >= 0.6 is 0 Å². The van der Waals surface area contributed by atoms with Crippen molar-refractivity contribution in [2.75, 3.05) is 5.73 Å². The number of hydrogen-bond donors (Lipinski definition) is 2. The maximum absolute atomic E-state index is 5.72. The number of rotatable bonds is 2. The normalized spacial score (nSPS) is 10.4. The van der Waals surface area contributed by atoms with E-state index in [0.29, 0.717) is 0 Å². The molecule has 0 spiro atoms. The highest BCUT2D eigenvalue weighted by molar-refractivity contribution is 5.42. The molecule has 72 valence electrons. The maximum Gasteiger partial charge on any atom is 0.0733 e. The fraction of sp³-hybridized carbons (Fsp3) is 0.182. The summed E-state index contributed by atoms with van der Waals surface area (Å²) in [6.45, 7) is 2.08. The first-order valence-electron chi connectivity index (χ1n) is 4.59. The van der Waals surface area contributed by atoms with Crippen molar-refractivity contribution in [1.29, 1.82) is 0 Å². The van der Waals surface area contributed by atoms with Crippen LogP contribution in [-0.2, 0) is 6.42 Å². The first kappa shape index (κ1) is 8.81. The van der Waals surface area contributed by atoms with Crippen LogP contribution in [0, 0.1) is 6.92 Å². The first-order chi connectivity index (χ1) is 6.75. The van der Waals surface area contributed by atoms with Crippen molar-refractivity contribution < 1.29 is 0 Å². The third kappa shape index (κ3) is 1.76. The van der Waals surface area contributed by atoms with Crippen LogP contribution in [0.3, 0.4) is 0 Å². The average Bonchev–Trinajstić information content (AvgIpc) is 2.56. The van der Waals surface area contributed by atoms with Crippen LogP contribution in [0.2, 0.25) is 0 Å². The number of aromatic nitrogens is 2. The van der Waals surface area contributed by atoms with Gasteiger partial charge in [-0.2, -0.15) is 5.10 Å². The predicted octanol–water partition coefficient (Wildman–Crippen LogP) is 1.89. The Kier molecular flexibility index (Phi) is 2.23. The SMILES string of the molecule is Cc1ccc(Cc2[nH]ncc2N)cc1. The molecule has 0 saturated carbocycles. The molecule has 0 bridgehead atoms. The number of aromatic amines is 1. The first-order valence-corrected chi connectivity index (χ1v) is 4.59. The van der Waals surface area contributed by atoms with Gasteiger partial charge in [-0.3, -0.25) is 5.10 Å². The van der Waals surface area contributed by atoms with Gasteiger partial charge in [0.05, 0.1) is 17.6 Å². The van der Waals surface area contributed by atoms with Gasteiger partial charge in [0.15, 0.2) is 0 Å². The molecule has 2 aromatic rings. The zero-order valence-electron chi connectivity index (χ0n) is 8.12. The Morgan fingerprint density at radius 1 is 1.29 bits per heavy atom. The highest BCUT2D eigenvalue weighted by Crippen LogP contribution is 2.13. The lowest BCUT2D eigenvalue weighted by molar-refractivity contribution is 0.997. The van der Waals surface area contributed by atoms with Gasteiger partial charge in [-0.25, -0.2) is 0 Å². The summed E-state index contributed by atoms with van der Waals surface area (Å²) in [6.07, 6.45) is 2.45. The number of nitrogens with zero attached hydrogens (tertiary/aromatic N) is 1. The number of hydrogen-bond acceptors (Lipinski definition) is 2. The fourth-order valence-electron chi connectivity index (χ4n) is 1.37. The number of anilines is 1. The molecule has 0 atom stereocenters. The molecule has 0 fully saturated rings. The van der Waals surface area contributed by atoms with Crippen molar-refractivity contribution in [2.45, 2.75) is 13.3 Å². The molecule has 0 aliphatic carbocycles. The third-order valence-electron chi connectivity index (χ3n) is 2.25. The minimum atomic E-state index is 0.727. The second-order valence-corrected chi connectivity index (χ2v) is 3.47. The molecule has 0 saturated heterocycles. The maximum atomic E-state index is 5.72. The van der Waals surface area contributed by atoms with Crippen LogP contribution in [0.5, 0.6) is 0 Å². The molecular formula is C11H13N3. The van der Waals surface area contributed by atoms with E-state index in [4.69, 9.17) is 5.73 Å². The van der Waals surface area contributed by atoms with Crippen LogP contribution in [0.25, 0.3) is 0 Å². The number of nitrogens with one attached hydrogen (secondary N) is 1. The Balaban J connectivity index is 2.19. The summed E-state index contributed by atoms with van der Waals surface area (Å²) in [7, 11) is 0. The number of benzene rings is 1. The molecule has 0 aliphatic rings. The molecule has 3 heteroatoms. The smallest absolute Gasteiger partial charge is 0.0733 e. The van der Waals surface area contributed by atoms with Gasteiger partial charge < -0.3 is 5.73 Å². The molecule has 0 radical (unpaired) electrons. The molecule has 0 unspecified atom stereocenters. The van der Waals surface area contributed by atoms with E-state index >= 15 is 0 Å². The molecule has 2 rings (SSSR count). The van der Waals surface area contributed by atoms with Gasteiger partial charge in [-0.1, -0.05) is 29.8 Å². The fourth-order valence-corrected chi connectivity index (χ4v) is 1.37. The Morgan fingerprint density at radius 3 is 2.57 bits per heavy atom. The van der Waals surface area contributed by atoms with Crippen LogP contribution < -0.4 is 5.73 Å². The molecule has 1 aromatic heterocycles. The van der Waals surface area contributed by atoms with E-state index in [1.54, 1.807) is 6.20 Å². The summed E-state index contributed by atoms with van der Waals surface area (Å²) in [5.41, 5.74) is 9.94. The van der Waals surface area contributed by atoms with E-state index in [1.807, 2.05) is 0 Å². The molecule has 0 amide bonds. The van der Waals surface area contributed by atoms with Crippen LogP contribution in [0.1, 0.15) is 16.8 Å². The zero-order chi connectivity index (χ0) is 9.97. The van der Waals surface area contributed by atoms with E-state index < -0.39 is 0 Å². The van der Waals surface area contributed by atoms with Gasteiger partial charge in [0.2, 0.25) is 0 Å². The van der Waals surface area contributed by atoms with Gasteiger partial charge in [0.1, 0.15) is 0 Å². The Morgan fingerprint density at radius 2 is 2.00 bits per heavy atom. The molecule has 0 aliphatic heterocycles. The Labute approximate surface area is 83.0 Å². The van der Waals surface area contributed by atoms with E-state index in [0.717, 1.165) is 17.8 Å². The standard InChI is InChI=1S/C11H13N3/c1-8-2-4-9(5-3-8)6-11-10(12)7-13-14-11/h2-5,7H,6,12H2,1H3,(H,13,14). The molecule has 3 nitrogen and oxygen atoms in total. The summed E-state index contributed by atoms with van der Waals surface area (Å²) in [6, 6.07) is 8.41. The summed E-state index contributed by atoms with van der Waals surface area (Å²) in [4.78, 5) is 0. The minimum absolute atomic E-state index is 0.727. The quantitative estimate of drug-likeness (QED) is 0.754. The Hall–Kier alpha value is -1.77. The molecule has 1 aromatic carbocycles. The average molecular weight is 187 g/mol. The van der Waals surface area contributed by atoms with E-state index in [9.17, 15) is 0 Å². The number of nitrogens with two attached hydrogens (primary N) is 1. The number of aryl methyl sites for hydroxylation is 1. The van der Waals surface area contributed by atoms with Crippen molar-refractivity contribution in [1.82, 2.24) is 10.2 Å². The van der Waals surface area contributed by atoms with E-state index in [2.05, 4.69) is 41.4 Å². The van der Waals surface area contributed by atoms with Gasteiger partial charge in [-0.15, -0.1) is 0 Å². The summed E-state index contributed by atoms with van der Waals surface area (Å²) < 4.78 is 0. The topological polar surface area (TPSA) is 54.7 Å². The summed E-state index contributed by atoms with van der Waals surface area (Å²) >= 11 is 0. The molecule has 3 N–H and O–H groups in total. The highest BCUT2D eigenvalue weighted by Gasteiger charge is 2.01. The van der Waals surface area contributed by atoms with Crippen molar-refractivity contribution in [3.8, 4) is 0 Å². The van der Waals surface area contributed by atoms with E-state index in [-0.39, 0.29) is 0 Å². The lowest BCUT2D eigenvalue weighted by Crippen LogP contribution is -1.93. The van der Waals surface area contributed by atoms with Crippen molar-refractivity contribution in [2.24, 2.45) is 0 Å². The van der Waals surface area contributed by atoms with E-state index in [1.165, 1.54) is 11.1 Å². The van der Waals surface area contributed by atoms with Crippen LogP contribution in [-0.4, -0.2) is 10.2 Å². The summed E-state index contributed by atoms with van der Waals surface area (Å²) in [5, 5.41) is 6.78. The molecular weight excluding hydrogens is 174 g/mol. The van der Waals surface area contributed by atoms with Gasteiger partial charge in [0, 0.05) is 6.42 Å². The third-order valence-corrected chi connectivity index (χ3v) is 2.25. The highest BCUT2D eigenvalue weighted by atomic mass is 15.1. The predicted molar refractivity (Wildman–Crippen MR) is 57.0 cm³/mol. The van der Waals surface area contributed by atoms with Crippen molar-refractivity contribution in [3.63, 3.8) is 0 Å². The lowest BCUT2D eigenvalue weighted by Gasteiger charge is -2.00. The molecule has 1 heterocycles. The second-order valence-electron chi connectivity index (χ2n) is 3.47. The lowest BCUT2D eigenvalue weighted by atomic mass is 10.1. The minimum Gasteiger partial charge on any atom is -0.396 e. The Bertz CT molecular complexity index is 414. The number of H-pyrrole nitrogens is 1. The van der Waals surface area contributed by atoms with Gasteiger partial charge in [0.25, 0.3) is 0 Å². The van der Waals surface area contributed by atoms with Crippen LogP contribution in [0.15, 0.2) is 30.5 Å². The van der Waals surface area contributed by atoms with Crippen molar-refractivity contribution in [3.05, 3.63) is 47.3 Å². The monoisotopic (exact) mass is 187 g/mol. The zero-order valence-corrected chi connectivity index (χ0v) is 8.12. The number of nitrogen functional groups attached to an aromatic ring is 1. The van der Waals surface area contributed by atoms with Gasteiger partial charge in [-0.05, 0) is 12.5 Å².